The van der Waals surface area contributed by atoms with Crippen molar-refractivity contribution in [2.75, 3.05) is 0 Å². The van der Waals surface area contributed by atoms with Crippen molar-refractivity contribution < 1.29 is 9.90 Å². The summed E-state index contributed by atoms with van der Waals surface area (Å²) < 4.78 is 0. The van der Waals surface area contributed by atoms with E-state index in [4.69, 9.17) is 15.8 Å². The fraction of sp³-hybridized carbons (Fsp3) is 0.125. The average molecular weight is 203 g/mol. The van der Waals surface area contributed by atoms with E-state index >= 15 is 0 Å². The Morgan fingerprint density at radius 1 is 1.50 bits per heavy atom. The van der Waals surface area contributed by atoms with Crippen LogP contribution in [0, 0.1) is 0 Å². The molecular formula is C8H7ClO2S. The summed E-state index contributed by atoms with van der Waals surface area (Å²) >= 11 is 0. The number of rotatable bonds is 3. The van der Waals surface area contributed by atoms with Gasteiger partial charge in [0.2, 0.25) is 0 Å². The Labute approximate surface area is 79.0 Å². The van der Waals surface area contributed by atoms with Crippen LogP contribution in [0.1, 0.15) is 15.9 Å². The van der Waals surface area contributed by atoms with Gasteiger partial charge in [0, 0.05) is 5.75 Å². The zero-order valence-electron chi connectivity index (χ0n) is 6.16. The van der Waals surface area contributed by atoms with Crippen LogP contribution in [-0.2, 0) is 5.75 Å². The first kappa shape index (κ1) is 9.42. The molecule has 0 saturated carbocycles. The van der Waals surface area contributed by atoms with Gasteiger partial charge in [0.05, 0.1) is 5.56 Å². The van der Waals surface area contributed by atoms with Gasteiger partial charge in [-0.2, -0.15) is 0 Å². The third kappa shape index (κ3) is 2.16. The Hall–Kier alpha value is -0.670. The number of carboxylic acids is 1. The molecule has 1 aromatic carbocycles. The SMILES string of the molecule is O=C(O)c1ccccc1CSCl. The number of carbonyl (C=O) groups is 1. The molecule has 1 aromatic rings. The first-order valence-corrected chi connectivity index (χ1v) is 5.11. The van der Waals surface area contributed by atoms with E-state index in [0.717, 1.165) is 16.5 Å². The van der Waals surface area contributed by atoms with Crippen LogP contribution in [0.5, 0.6) is 0 Å². The van der Waals surface area contributed by atoms with Gasteiger partial charge in [-0.25, -0.2) is 4.79 Å². The molecule has 0 aliphatic rings. The van der Waals surface area contributed by atoms with Gasteiger partial charge in [-0.05, 0) is 22.3 Å². The van der Waals surface area contributed by atoms with Crippen LogP contribution in [0.4, 0.5) is 0 Å². The molecule has 0 spiro atoms. The van der Waals surface area contributed by atoms with Gasteiger partial charge in [0.15, 0.2) is 0 Å². The van der Waals surface area contributed by atoms with Gasteiger partial charge in [-0.1, -0.05) is 29.2 Å². The van der Waals surface area contributed by atoms with Crippen LogP contribution in [0.15, 0.2) is 24.3 Å². The Bertz CT molecular complexity index is 288. The van der Waals surface area contributed by atoms with Crippen molar-refractivity contribution in [3.05, 3.63) is 35.4 Å². The molecule has 1 rings (SSSR count). The lowest BCUT2D eigenvalue weighted by Gasteiger charge is -2.01. The highest BCUT2D eigenvalue weighted by molar-refractivity contribution is 8.20. The van der Waals surface area contributed by atoms with Gasteiger partial charge in [0.25, 0.3) is 0 Å². The predicted octanol–water partition coefficient (Wildman–Crippen LogP) is 2.77. The number of carboxylic acid groups (broad SMARTS) is 1. The monoisotopic (exact) mass is 202 g/mol. The van der Waals surface area contributed by atoms with Gasteiger partial charge < -0.3 is 5.11 Å². The molecule has 0 fully saturated rings. The van der Waals surface area contributed by atoms with Crippen LogP contribution in [-0.4, -0.2) is 11.1 Å². The van der Waals surface area contributed by atoms with Crippen LogP contribution < -0.4 is 0 Å². The number of hydrogen-bond acceptors (Lipinski definition) is 2. The summed E-state index contributed by atoms with van der Waals surface area (Å²) in [4.78, 5) is 10.6. The molecule has 0 bridgehead atoms. The summed E-state index contributed by atoms with van der Waals surface area (Å²) in [5.41, 5.74) is 1.08. The summed E-state index contributed by atoms with van der Waals surface area (Å²) in [5.74, 6) is -0.388. The minimum Gasteiger partial charge on any atom is -0.478 e. The lowest BCUT2D eigenvalue weighted by Crippen LogP contribution is -2.00. The van der Waals surface area contributed by atoms with E-state index < -0.39 is 5.97 Å². The lowest BCUT2D eigenvalue weighted by atomic mass is 10.1. The molecule has 4 heteroatoms. The standard InChI is InChI=1S/C8H7ClO2S/c9-12-5-6-3-1-2-4-7(6)8(10)11/h1-4H,5H2,(H,10,11). The highest BCUT2D eigenvalue weighted by Gasteiger charge is 2.07. The van der Waals surface area contributed by atoms with Crippen LogP contribution in [0.3, 0.4) is 0 Å². The summed E-state index contributed by atoms with van der Waals surface area (Å²) in [6.45, 7) is 0. The second kappa shape index (κ2) is 4.38. The van der Waals surface area contributed by atoms with Gasteiger partial charge in [0.1, 0.15) is 0 Å². The molecule has 0 aliphatic heterocycles. The fourth-order valence-electron chi connectivity index (χ4n) is 0.914. The van der Waals surface area contributed by atoms with Gasteiger partial charge in [-0.3, -0.25) is 0 Å². The summed E-state index contributed by atoms with van der Waals surface area (Å²) in [7, 11) is 6.53. The number of aromatic carboxylic acids is 1. The highest BCUT2D eigenvalue weighted by atomic mass is 35.7. The largest absolute Gasteiger partial charge is 0.478 e. The summed E-state index contributed by atoms with van der Waals surface area (Å²) in [6, 6.07) is 6.84. The Kier molecular flexibility index (Phi) is 3.44. The smallest absolute Gasteiger partial charge is 0.335 e. The van der Waals surface area contributed by atoms with Crippen molar-refractivity contribution in [3.8, 4) is 0 Å². The van der Waals surface area contributed by atoms with Crippen LogP contribution >= 0.6 is 21.7 Å². The third-order valence-electron chi connectivity index (χ3n) is 1.46. The second-order valence-electron chi connectivity index (χ2n) is 2.22. The number of benzene rings is 1. The molecule has 0 atom stereocenters. The van der Waals surface area contributed by atoms with E-state index in [2.05, 4.69) is 0 Å². The topological polar surface area (TPSA) is 37.3 Å². The second-order valence-corrected chi connectivity index (χ2v) is 3.38. The van der Waals surface area contributed by atoms with Crippen molar-refractivity contribution in [1.82, 2.24) is 0 Å². The van der Waals surface area contributed by atoms with Crippen molar-refractivity contribution in [2.45, 2.75) is 5.75 Å². The van der Waals surface area contributed by atoms with Crippen molar-refractivity contribution in [3.63, 3.8) is 0 Å². The number of halogens is 1. The molecule has 0 aliphatic carbocycles. The van der Waals surface area contributed by atoms with Crippen molar-refractivity contribution >= 4 is 27.6 Å². The quantitative estimate of drug-likeness (QED) is 0.819. The minimum atomic E-state index is -0.906. The Morgan fingerprint density at radius 3 is 2.75 bits per heavy atom. The maximum absolute atomic E-state index is 10.6. The van der Waals surface area contributed by atoms with E-state index in [-0.39, 0.29) is 0 Å². The lowest BCUT2D eigenvalue weighted by molar-refractivity contribution is 0.0696. The van der Waals surface area contributed by atoms with E-state index in [1.807, 2.05) is 0 Å². The molecule has 0 aromatic heterocycles. The van der Waals surface area contributed by atoms with Crippen LogP contribution in [0.2, 0.25) is 0 Å². The normalized spacial score (nSPS) is 9.75. The molecule has 64 valence electrons. The third-order valence-corrected chi connectivity index (χ3v) is 2.21. The first-order valence-electron chi connectivity index (χ1n) is 3.30. The highest BCUT2D eigenvalue weighted by Crippen LogP contribution is 2.18. The molecule has 0 unspecified atom stereocenters. The van der Waals surface area contributed by atoms with Crippen molar-refractivity contribution in [2.24, 2.45) is 0 Å². The Morgan fingerprint density at radius 2 is 2.17 bits per heavy atom. The van der Waals surface area contributed by atoms with Gasteiger partial charge >= 0.3 is 5.97 Å². The molecule has 0 heterocycles. The summed E-state index contributed by atoms with van der Waals surface area (Å²) in [5, 5.41) is 8.74. The van der Waals surface area contributed by atoms with E-state index in [1.54, 1.807) is 24.3 Å². The van der Waals surface area contributed by atoms with E-state index in [9.17, 15) is 4.79 Å². The maximum Gasteiger partial charge on any atom is 0.335 e. The molecule has 1 N–H and O–H groups in total. The Balaban J connectivity index is 3.00. The fourth-order valence-corrected chi connectivity index (χ4v) is 1.64. The zero-order chi connectivity index (χ0) is 8.97. The van der Waals surface area contributed by atoms with E-state index in [0.29, 0.717) is 11.3 Å². The molecule has 0 saturated heterocycles. The summed E-state index contributed by atoms with van der Waals surface area (Å²) in [6.07, 6.45) is 0. The number of hydrogen-bond donors (Lipinski definition) is 1. The van der Waals surface area contributed by atoms with E-state index in [1.165, 1.54) is 0 Å². The molecular weight excluding hydrogens is 196 g/mol. The zero-order valence-corrected chi connectivity index (χ0v) is 7.73. The maximum atomic E-state index is 10.6. The average Bonchev–Trinajstić information content (AvgIpc) is 2.05. The van der Waals surface area contributed by atoms with Crippen LogP contribution in [0.25, 0.3) is 0 Å². The predicted molar refractivity (Wildman–Crippen MR) is 50.5 cm³/mol. The van der Waals surface area contributed by atoms with Crippen molar-refractivity contribution in [1.29, 1.82) is 0 Å². The van der Waals surface area contributed by atoms with Gasteiger partial charge in [-0.15, -0.1) is 0 Å². The molecule has 12 heavy (non-hydrogen) atoms. The minimum absolute atomic E-state index is 0.325. The molecule has 0 amide bonds. The molecule has 0 radical (unpaired) electrons. The molecule has 2 nitrogen and oxygen atoms in total. The first-order chi connectivity index (χ1) is 5.75.